The van der Waals surface area contributed by atoms with Crippen LogP contribution in [0.1, 0.15) is 44.1 Å². The highest BCUT2D eigenvalue weighted by Crippen LogP contribution is 2.25. The van der Waals surface area contributed by atoms with Gasteiger partial charge in [0.2, 0.25) is 0 Å². The summed E-state index contributed by atoms with van der Waals surface area (Å²) in [5, 5.41) is 12.5. The Morgan fingerprint density at radius 3 is 2.62 bits per heavy atom. The Kier molecular flexibility index (Phi) is 8.79. The van der Waals surface area contributed by atoms with Crippen LogP contribution in [0.4, 0.5) is 16.2 Å². The van der Waals surface area contributed by atoms with Gasteiger partial charge in [-0.2, -0.15) is 5.26 Å². The van der Waals surface area contributed by atoms with E-state index in [2.05, 4.69) is 21.4 Å². The van der Waals surface area contributed by atoms with E-state index in [4.69, 9.17) is 14.7 Å². The largest absolute Gasteiger partial charge is 0.466 e. The van der Waals surface area contributed by atoms with E-state index in [-0.39, 0.29) is 19.0 Å². The molecule has 4 rings (SSSR count). The highest BCUT2D eigenvalue weighted by atomic mass is 16.6. The van der Waals surface area contributed by atoms with Gasteiger partial charge >= 0.3 is 12.1 Å². The third-order valence-electron chi connectivity index (χ3n) is 6.21. The zero-order valence-corrected chi connectivity index (χ0v) is 22.2. The predicted molar refractivity (Wildman–Crippen MR) is 150 cm³/mol. The van der Waals surface area contributed by atoms with Gasteiger partial charge in [-0.1, -0.05) is 25.1 Å². The summed E-state index contributed by atoms with van der Waals surface area (Å²) in [6, 6.07) is 21.5. The molecule has 9 heteroatoms. The Balaban J connectivity index is 1.49. The minimum atomic E-state index is -0.605. The van der Waals surface area contributed by atoms with Crippen LogP contribution in [0.25, 0.3) is 11.0 Å². The standard InChI is InChI=1S/C30H31N5O4/c1-4-22-16-21(18-31)11-13-25(22)32-19-28-33-26-14-12-24(17-27(26)34-28)39-30(37)35(23-9-7-6-8-10-23)20(3)15-29(36)38-5-2/h6-14,16-17,20,32H,4-5,15,19H2,1-3H3,(H,33,34). The predicted octanol–water partition coefficient (Wildman–Crippen LogP) is 5.96. The van der Waals surface area contributed by atoms with Crippen molar-refractivity contribution in [3.63, 3.8) is 0 Å². The van der Waals surface area contributed by atoms with Crippen LogP contribution >= 0.6 is 0 Å². The minimum absolute atomic E-state index is 0.0345. The smallest absolute Gasteiger partial charge is 0.420 e. The Hall–Kier alpha value is -4.84. The summed E-state index contributed by atoms with van der Waals surface area (Å²) < 4.78 is 10.8. The average Bonchev–Trinajstić information content (AvgIpc) is 3.34. The van der Waals surface area contributed by atoms with Gasteiger partial charge in [-0.3, -0.25) is 9.69 Å². The van der Waals surface area contributed by atoms with E-state index in [1.165, 1.54) is 4.90 Å². The number of aromatic amines is 1. The number of aromatic nitrogens is 2. The van der Waals surface area contributed by atoms with Gasteiger partial charge in [0.25, 0.3) is 0 Å². The van der Waals surface area contributed by atoms with Crippen LogP contribution < -0.4 is 15.0 Å². The van der Waals surface area contributed by atoms with E-state index >= 15 is 0 Å². The molecule has 1 unspecified atom stereocenters. The third kappa shape index (κ3) is 6.73. The third-order valence-corrected chi connectivity index (χ3v) is 6.21. The second kappa shape index (κ2) is 12.6. The molecule has 39 heavy (non-hydrogen) atoms. The van der Waals surface area contributed by atoms with Gasteiger partial charge in [0.15, 0.2) is 0 Å². The van der Waals surface area contributed by atoms with Crippen LogP contribution in [0.3, 0.4) is 0 Å². The molecule has 0 saturated carbocycles. The number of carbonyl (C=O) groups excluding carboxylic acids is 2. The first-order valence-corrected chi connectivity index (χ1v) is 12.9. The Labute approximate surface area is 227 Å². The van der Waals surface area contributed by atoms with Crippen molar-refractivity contribution in [3.8, 4) is 11.8 Å². The fraction of sp³-hybridized carbons (Fsp3) is 0.267. The second-order valence-corrected chi connectivity index (χ2v) is 8.98. The fourth-order valence-corrected chi connectivity index (χ4v) is 4.33. The number of imidazole rings is 1. The molecule has 1 atom stereocenters. The summed E-state index contributed by atoms with van der Waals surface area (Å²) >= 11 is 0. The maximum absolute atomic E-state index is 13.3. The molecule has 0 aliphatic carbocycles. The molecule has 200 valence electrons. The number of hydrogen-bond acceptors (Lipinski definition) is 7. The number of H-pyrrole nitrogens is 1. The molecule has 0 bridgehead atoms. The number of aryl methyl sites for hydroxylation is 1. The zero-order valence-electron chi connectivity index (χ0n) is 22.2. The van der Waals surface area contributed by atoms with E-state index < -0.39 is 12.1 Å². The number of ether oxygens (including phenoxy) is 2. The van der Waals surface area contributed by atoms with Gasteiger partial charge < -0.3 is 19.8 Å². The van der Waals surface area contributed by atoms with Crippen molar-refractivity contribution < 1.29 is 19.1 Å². The van der Waals surface area contributed by atoms with E-state index in [0.29, 0.717) is 29.4 Å². The van der Waals surface area contributed by atoms with E-state index in [9.17, 15) is 9.59 Å². The first-order chi connectivity index (χ1) is 18.9. The Bertz CT molecular complexity index is 1490. The number of esters is 1. The number of hydrogen-bond donors (Lipinski definition) is 2. The van der Waals surface area contributed by atoms with Crippen LogP contribution in [0.5, 0.6) is 5.75 Å². The van der Waals surface area contributed by atoms with Crippen LogP contribution in [0.15, 0.2) is 66.7 Å². The molecule has 1 amide bonds. The molecule has 0 saturated heterocycles. The monoisotopic (exact) mass is 525 g/mol. The molecular formula is C30H31N5O4. The van der Waals surface area contributed by atoms with Crippen molar-refractivity contribution in [2.24, 2.45) is 0 Å². The van der Waals surface area contributed by atoms with Gasteiger partial charge in [0, 0.05) is 23.5 Å². The van der Waals surface area contributed by atoms with Crippen molar-refractivity contribution in [1.29, 1.82) is 5.26 Å². The molecule has 2 N–H and O–H groups in total. The normalized spacial score (nSPS) is 11.4. The first kappa shape index (κ1) is 27.2. The van der Waals surface area contributed by atoms with Crippen LogP contribution in [0, 0.1) is 11.3 Å². The topological polar surface area (TPSA) is 120 Å². The molecule has 1 heterocycles. The number of nitriles is 1. The number of carbonyl (C=O) groups is 2. The molecule has 0 radical (unpaired) electrons. The van der Waals surface area contributed by atoms with Crippen molar-refractivity contribution in [2.75, 3.05) is 16.8 Å². The first-order valence-electron chi connectivity index (χ1n) is 12.9. The lowest BCUT2D eigenvalue weighted by molar-refractivity contribution is -0.143. The average molecular weight is 526 g/mol. The summed E-state index contributed by atoms with van der Waals surface area (Å²) in [5.74, 6) is 0.681. The van der Waals surface area contributed by atoms with Crippen LogP contribution in [0.2, 0.25) is 0 Å². The van der Waals surface area contributed by atoms with Crippen LogP contribution in [-0.4, -0.2) is 34.7 Å². The summed E-state index contributed by atoms with van der Waals surface area (Å²) in [4.78, 5) is 34.7. The number of nitrogens with zero attached hydrogens (tertiary/aromatic N) is 3. The lowest BCUT2D eigenvalue weighted by atomic mass is 10.1. The molecule has 0 spiro atoms. The second-order valence-electron chi connectivity index (χ2n) is 8.98. The lowest BCUT2D eigenvalue weighted by Gasteiger charge is -2.28. The van der Waals surface area contributed by atoms with E-state index in [0.717, 1.165) is 28.7 Å². The molecule has 0 fully saturated rings. The maximum atomic E-state index is 13.3. The van der Waals surface area contributed by atoms with Crippen molar-refractivity contribution in [3.05, 3.63) is 83.7 Å². The van der Waals surface area contributed by atoms with E-state index in [1.54, 1.807) is 50.2 Å². The van der Waals surface area contributed by atoms with Gasteiger partial charge in [0.1, 0.15) is 11.6 Å². The molecule has 0 aliphatic heterocycles. The minimum Gasteiger partial charge on any atom is -0.466 e. The number of amides is 1. The number of nitrogens with one attached hydrogen (secondary N) is 2. The highest BCUT2D eigenvalue weighted by molar-refractivity contribution is 5.91. The number of para-hydroxylation sites is 1. The fourth-order valence-electron chi connectivity index (χ4n) is 4.33. The summed E-state index contributed by atoms with van der Waals surface area (Å²) in [6.07, 6.45) is 0.226. The Morgan fingerprint density at radius 1 is 1.10 bits per heavy atom. The SMILES string of the molecule is CCOC(=O)CC(C)N(C(=O)Oc1ccc2nc(CNc3ccc(C#N)cc3CC)[nH]c2c1)c1ccccc1. The van der Waals surface area contributed by atoms with Crippen molar-refractivity contribution >= 4 is 34.5 Å². The highest BCUT2D eigenvalue weighted by Gasteiger charge is 2.26. The summed E-state index contributed by atoms with van der Waals surface area (Å²) in [5.41, 5.74) is 4.70. The zero-order chi connectivity index (χ0) is 27.8. The van der Waals surface area contributed by atoms with Gasteiger partial charge in [-0.15, -0.1) is 0 Å². The number of anilines is 2. The quantitative estimate of drug-likeness (QED) is 0.245. The van der Waals surface area contributed by atoms with Gasteiger partial charge in [-0.25, -0.2) is 9.78 Å². The lowest BCUT2D eigenvalue weighted by Crippen LogP contribution is -2.42. The molecule has 3 aromatic carbocycles. The van der Waals surface area contributed by atoms with Gasteiger partial charge in [0.05, 0.1) is 42.2 Å². The van der Waals surface area contributed by atoms with Crippen molar-refractivity contribution in [1.82, 2.24) is 9.97 Å². The molecule has 0 aliphatic rings. The van der Waals surface area contributed by atoms with Gasteiger partial charge in [-0.05, 0) is 68.3 Å². The molecule has 1 aromatic heterocycles. The number of fused-ring (bicyclic) bond motifs is 1. The Morgan fingerprint density at radius 2 is 1.90 bits per heavy atom. The maximum Gasteiger partial charge on any atom is 0.420 e. The molecular weight excluding hydrogens is 494 g/mol. The van der Waals surface area contributed by atoms with Crippen molar-refractivity contribution in [2.45, 2.75) is 46.2 Å². The molecule has 9 nitrogen and oxygen atoms in total. The summed E-state index contributed by atoms with van der Waals surface area (Å²) in [7, 11) is 0. The summed E-state index contributed by atoms with van der Waals surface area (Å²) in [6.45, 7) is 6.29. The number of rotatable bonds is 10. The van der Waals surface area contributed by atoms with E-state index in [1.807, 2.05) is 37.3 Å². The van der Waals surface area contributed by atoms with Crippen LogP contribution in [-0.2, 0) is 22.5 Å². The molecule has 4 aromatic rings. The number of benzene rings is 3.